The minimum Gasteiger partial charge on any atom is -0.325 e. The maximum Gasteiger partial charge on any atom is 0.241 e. The zero-order chi connectivity index (χ0) is 16.6. The van der Waals surface area contributed by atoms with E-state index in [0.717, 1.165) is 11.8 Å². The number of benzene rings is 1. The van der Waals surface area contributed by atoms with Crippen LogP contribution in [0.1, 0.15) is 39.5 Å². The fourth-order valence-electron chi connectivity index (χ4n) is 4.38. The summed E-state index contributed by atoms with van der Waals surface area (Å²) in [6, 6.07) is 5.18. The summed E-state index contributed by atoms with van der Waals surface area (Å²) >= 11 is 11.9. The van der Waals surface area contributed by atoms with Gasteiger partial charge in [0.15, 0.2) is 0 Å². The van der Waals surface area contributed by atoms with Crippen LogP contribution in [0.25, 0.3) is 0 Å². The van der Waals surface area contributed by atoms with Crippen LogP contribution in [0.15, 0.2) is 18.2 Å². The predicted octanol–water partition coefficient (Wildman–Crippen LogP) is 4.73. The Bertz CT molecular complexity index is 572. The van der Waals surface area contributed by atoms with Crippen molar-refractivity contribution in [3.63, 3.8) is 0 Å². The number of carbonyl (C=O) groups is 1. The third-order valence-electron chi connectivity index (χ3n) is 5.47. The van der Waals surface area contributed by atoms with Crippen molar-refractivity contribution in [3.8, 4) is 0 Å². The summed E-state index contributed by atoms with van der Waals surface area (Å²) in [5, 5.41) is 7.40. The van der Waals surface area contributed by atoms with Crippen LogP contribution in [0.3, 0.4) is 0 Å². The maximum atomic E-state index is 12.4. The maximum absolute atomic E-state index is 12.4. The number of fused-ring (bicyclic) bond motifs is 2. The van der Waals surface area contributed by atoms with Crippen molar-refractivity contribution in [1.29, 1.82) is 0 Å². The SMILES string of the molecule is CC(NC(C)C1CC2CCC1C2)C(=O)Nc1cc(Cl)cc(Cl)c1. The minimum absolute atomic E-state index is 0.0571. The van der Waals surface area contributed by atoms with Gasteiger partial charge in [-0.25, -0.2) is 0 Å². The molecular weight excluding hydrogens is 331 g/mol. The predicted molar refractivity (Wildman–Crippen MR) is 96.1 cm³/mol. The molecule has 3 rings (SSSR count). The average molecular weight is 355 g/mol. The summed E-state index contributed by atoms with van der Waals surface area (Å²) in [6.07, 6.45) is 5.47. The number of amides is 1. The van der Waals surface area contributed by atoms with Gasteiger partial charge in [-0.2, -0.15) is 0 Å². The summed E-state index contributed by atoms with van der Waals surface area (Å²) in [4.78, 5) is 12.4. The molecule has 1 amide bonds. The van der Waals surface area contributed by atoms with Gasteiger partial charge in [0.2, 0.25) is 5.91 Å². The molecule has 1 aromatic carbocycles. The van der Waals surface area contributed by atoms with E-state index in [4.69, 9.17) is 23.2 Å². The normalized spacial score (nSPS) is 28.6. The van der Waals surface area contributed by atoms with E-state index in [1.54, 1.807) is 18.2 Å². The van der Waals surface area contributed by atoms with E-state index in [2.05, 4.69) is 17.6 Å². The molecule has 0 spiro atoms. The zero-order valence-corrected chi connectivity index (χ0v) is 15.1. The fourth-order valence-corrected chi connectivity index (χ4v) is 4.90. The standard InChI is InChI=1S/C18H24Cl2N2O/c1-10(17-6-12-3-4-13(17)5-12)21-11(2)18(23)22-16-8-14(19)7-15(20)9-16/h7-13,17,21H,3-6H2,1-2H3,(H,22,23). The van der Waals surface area contributed by atoms with Gasteiger partial charge in [-0.05, 0) is 69.1 Å². The van der Waals surface area contributed by atoms with Crippen molar-refractivity contribution in [2.75, 3.05) is 5.32 Å². The van der Waals surface area contributed by atoms with Gasteiger partial charge in [0.05, 0.1) is 6.04 Å². The molecule has 2 saturated carbocycles. The molecule has 2 aliphatic rings. The van der Waals surface area contributed by atoms with Gasteiger partial charge in [0.1, 0.15) is 0 Å². The Morgan fingerprint density at radius 2 is 1.83 bits per heavy atom. The smallest absolute Gasteiger partial charge is 0.241 e. The van der Waals surface area contributed by atoms with Crippen LogP contribution >= 0.6 is 23.2 Å². The summed E-state index contributed by atoms with van der Waals surface area (Å²) in [6.45, 7) is 4.12. The topological polar surface area (TPSA) is 41.1 Å². The Labute approximate surface area is 148 Å². The van der Waals surface area contributed by atoms with Crippen molar-refractivity contribution < 1.29 is 4.79 Å². The molecule has 0 aromatic heterocycles. The van der Waals surface area contributed by atoms with Gasteiger partial charge in [0.25, 0.3) is 0 Å². The lowest BCUT2D eigenvalue weighted by Gasteiger charge is -2.30. The second kappa shape index (κ2) is 7.00. The highest BCUT2D eigenvalue weighted by molar-refractivity contribution is 6.35. The molecule has 0 aliphatic heterocycles. The Kier molecular flexibility index (Phi) is 5.19. The van der Waals surface area contributed by atoms with Crippen LogP contribution in [-0.4, -0.2) is 18.0 Å². The van der Waals surface area contributed by atoms with E-state index in [1.807, 2.05) is 6.92 Å². The largest absolute Gasteiger partial charge is 0.325 e. The first-order valence-electron chi connectivity index (χ1n) is 8.45. The molecule has 2 N–H and O–H groups in total. The molecule has 5 atom stereocenters. The molecule has 1 aromatic rings. The first-order valence-corrected chi connectivity index (χ1v) is 9.21. The summed E-state index contributed by atoms with van der Waals surface area (Å²) in [5.74, 6) is 2.43. The van der Waals surface area contributed by atoms with Gasteiger partial charge >= 0.3 is 0 Å². The highest BCUT2D eigenvalue weighted by Gasteiger charge is 2.42. The molecule has 2 fully saturated rings. The third-order valence-corrected chi connectivity index (χ3v) is 5.91. The molecular formula is C18H24Cl2N2O. The molecule has 0 heterocycles. The van der Waals surface area contributed by atoms with Crippen molar-refractivity contribution in [3.05, 3.63) is 28.2 Å². The van der Waals surface area contributed by atoms with Crippen LogP contribution in [0.4, 0.5) is 5.69 Å². The van der Waals surface area contributed by atoms with E-state index in [1.165, 1.54) is 25.7 Å². The van der Waals surface area contributed by atoms with Crippen LogP contribution in [0.2, 0.25) is 10.0 Å². The molecule has 5 heteroatoms. The van der Waals surface area contributed by atoms with Gasteiger partial charge in [-0.3, -0.25) is 4.79 Å². The monoisotopic (exact) mass is 354 g/mol. The van der Waals surface area contributed by atoms with E-state index in [0.29, 0.717) is 27.7 Å². The van der Waals surface area contributed by atoms with E-state index >= 15 is 0 Å². The van der Waals surface area contributed by atoms with Crippen LogP contribution in [0.5, 0.6) is 0 Å². The Balaban J connectivity index is 1.55. The molecule has 0 radical (unpaired) electrons. The first kappa shape index (κ1) is 17.1. The quantitative estimate of drug-likeness (QED) is 0.801. The molecule has 0 saturated heterocycles. The number of hydrogen-bond donors (Lipinski definition) is 2. The van der Waals surface area contributed by atoms with Crippen molar-refractivity contribution in [1.82, 2.24) is 5.32 Å². The Morgan fingerprint density at radius 1 is 1.13 bits per heavy atom. The molecule has 23 heavy (non-hydrogen) atoms. The second-order valence-electron chi connectivity index (χ2n) is 7.16. The lowest BCUT2D eigenvalue weighted by Crippen LogP contribution is -2.46. The first-order chi connectivity index (χ1) is 10.9. The number of carbonyl (C=O) groups excluding carboxylic acids is 1. The van der Waals surface area contributed by atoms with Crippen molar-refractivity contribution in [2.45, 2.75) is 51.6 Å². The highest BCUT2D eigenvalue weighted by atomic mass is 35.5. The number of hydrogen-bond acceptors (Lipinski definition) is 2. The Morgan fingerprint density at radius 3 is 2.39 bits per heavy atom. The van der Waals surface area contributed by atoms with E-state index in [-0.39, 0.29) is 11.9 Å². The Hall–Kier alpha value is -0.770. The summed E-state index contributed by atoms with van der Waals surface area (Å²) in [7, 11) is 0. The lowest BCUT2D eigenvalue weighted by molar-refractivity contribution is -0.118. The lowest BCUT2D eigenvalue weighted by atomic mass is 9.84. The third kappa shape index (κ3) is 4.01. The number of rotatable bonds is 5. The molecule has 2 aliphatic carbocycles. The number of nitrogens with one attached hydrogen (secondary N) is 2. The summed E-state index contributed by atoms with van der Waals surface area (Å²) in [5.41, 5.74) is 0.633. The molecule has 5 unspecified atom stereocenters. The average Bonchev–Trinajstić information content (AvgIpc) is 3.08. The molecule has 126 valence electrons. The van der Waals surface area contributed by atoms with Crippen LogP contribution in [0, 0.1) is 17.8 Å². The van der Waals surface area contributed by atoms with E-state index in [9.17, 15) is 4.79 Å². The molecule has 3 nitrogen and oxygen atoms in total. The van der Waals surface area contributed by atoms with Gasteiger partial charge in [-0.15, -0.1) is 0 Å². The molecule has 2 bridgehead atoms. The zero-order valence-electron chi connectivity index (χ0n) is 13.6. The van der Waals surface area contributed by atoms with Crippen molar-refractivity contribution >= 4 is 34.8 Å². The van der Waals surface area contributed by atoms with Crippen LogP contribution in [-0.2, 0) is 4.79 Å². The van der Waals surface area contributed by atoms with Gasteiger partial charge < -0.3 is 10.6 Å². The van der Waals surface area contributed by atoms with Crippen LogP contribution < -0.4 is 10.6 Å². The van der Waals surface area contributed by atoms with Crippen molar-refractivity contribution in [2.24, 2.45) is 17.8 Å². The number of halogens is 2. The fraction of sp³-hybridized carbons (Fsp3) is 0.611. The highest BCUT2D eigenvalue weighted by Crippen LogP contribution is 2.49. The summed E-state index contributed by atoms with van der Waals surface area (Å²) < 4.78 is 0. The minimum atomic E-state index is -0.248. The second-order valence-corrected chi connectivity index (χ2v) is 8.04. The van der Waals surface area contributed by atoms with Gasteiger partial charge in [-0.1, -0.05) is 29.6 Å². The van der Waals surface area contributed by atoms with Gasteiger partial charge in [0, 0.05) is 21.8 Å². The van der Waals surface area contributed by atoms with E-state index < -0.39 is 0 Å². The number of anilines is 1.